The normalized spacial score (nSPS) is 19.1. The Morgan fingerprint density at radius 2 is 1.79 bits per heavy atom. The second-order valence-corrected chi connectivity index (χ2v) is 9.18. The maximum Gasteiger partial charge on any atom is 0.326 e. The van der Waals surface area contributed by atoms with Gasteiger partial charge < -0.3 is 37.8 Å². The van der Waals surface area contributed by atoms with Gasteiger partial charge in [0.05, 0.1) is 6.04 Å². The molecule has 0 radical (unpaired) electrons. The van der Waals surface area contributed by atoms with E-state index in [2.05, 4.69) is 15.6 Å². The molecule has 1 aliphatic rings. The molecule has 5 atom stereocenters. The summed E-state index contributed by atoms with van der Waals surface area (Å²) in [6, 6.07) is -3.56. The predicted molar refractivity (Wildman–Crippen MR) is 128 cm³/mol. The van der Waals surface area contributed by atoms with Gasteiger partial charge in [0, 0.05) is 13.1 Å². The summed E-state index contributed by atoms with van der Waals surface area (Å²) in [7, 11) is 0. The fourth-order valence-corrected chi connectivity index (χ4v) is 3.81. The van der Waals surface area contributed by atoms with Crippen LogP contribution in [0.25, 0.3) is 0 Å². The summed E-state index contributed by atoms with van der Waals surface area (Å²) >= 11 is 0. The number of amides is 3. The van der Waals surface area contributed by atoms with E-state index in [1.54, 1.807) is 13.8 Å². The topological polar surface area (TPSA) is 206 Å². The van der Waals surface area contributed by atoms with Crippen LogP contribution in [0.2, 0.25) is 0 Å². The van der Waals surface area contributed by atoms with Crippen LogP contribution in [0, 0.1) is 11.8 Å². The number of likely N-dealkylation sites (tertiary alicyclic amines) is 1. The molecule has 34 heavy (non-hydrogen) atoms. The quantitative estimate of drug-likeness (QED) is 0.110. The van der Waals surface area contributed by atoms with E-state index in [1.807, 2.05) is 13.8 Å². The molecule has 0 aromatic rings. The molecule has 5 unspecified atom stereocenters. The lowest BCUT2D eigenvalue weighted by atomic mass is 9.98. The van der Waals surface area contributed by atoms with E-state index in [0.717, 1.165) is 0 Å². The number of aliphatic imine (C=N–C) groups is 1. The largest absolute Gasteiger partial charge is 0.480 e. The Kier molecular flexibility index (Phi) is 11.8. The van der Waals surface area contributed by atoms with Gasteiger partial charge in [-0.15, -0.1) is 0 Å². The number of hydrogen-bond acceptors (Lipinski definition) is 6. The molecule has 0 spiro atoms. The van der Waals surface area contributed by atoms with Gasteiger partial charge in [0.1, 0.15) is 18.1 Å². The van der Waals surface area contributed by atoms with Crippen LogP contribution in [0.1, 0.15) is 59.8 Å². The molecule has 0 saturated carbocycles. The summed E-state index contributed by atoms with van der Waals surface area (Å²) < 4.78 is 0. The first-order chi connectivity index (χ1) is 15.9. The van der Waals surface area contributed by atoms with Gasteiger partial charge in [-0.25, -0.2) is 4.79 Å². The van der Waals surface area contributed by atoms with E-state index in [4.69, 9.17) is 17.2 Å². The van der Waals surface area contributed by atoms with Gasteiger partial charge >= 0.3 is 5.97 Å². The van der Waals surface area contributed by atoms with Crippen LogP contribution < -0.4 is 27.8 Å². The van der Waals surface area contributed by atoms with Crippen molar-refractivity contribution in [3.63, 3.8) is 0 Å². The first kappa shape index (κ1) is 29.1. The molecule has 12 nitrogen and oxygen atoms in total. The third-order valence-corrected chi connectivity index (χ3v) is 6.19. The molecule has 0 aromatic heterocycles. The van der Waals surface area contributed by atoms with Gasteiger partial charge in [0.25, 0.3) is 0 Å². The lowest BCUT2D eigenvalue weighted by molar-refractivity contribution is -0.145. The molecule has 1 rings (SSSR count). The average molecular weight is 484 g/mol. The molecule has 0 aromatic carbocycles. The fraction of sp³-hybridized carbons (Fsp3) is 0.773. The van der Waals surface area contributed by atoms with Gasteiger partial charge in [0.2, 0.25) is 17.7 Å². The van der Waals surface area contributed by atoms with Crippen LogP contribution in [-0.4, -0.2) is 76.9 Å². The zero-order valence-corrected chi connectivity index (χ0v) is 20.6. The summed E-state index contributed by atoms with van der Waals surface area (Å²) in [5.74, 6) is -2.98. The van der Waals surface area contributed by atoms with Crippen molar-refractivity contribution in [3.8, 4) is 0 Å². The summed E-state index contributed by atoms with van der Waals surface area (Å²) in [5, 5.41) is 14.7. The Morgan fingerprint density at radius 1 is 1.15 bits per heavy atom. The zero-order chi connectivity index (χ0) is 26.0. The first-order valence-electron chi connectivity index (χ1n) is 11.9. The van der Waals surface area contributed by atoms with Gasteiger partial charge in [-0.3, -0.25) is 19.4 Å². The minimum atomic E-state index is -1.14. The molecule has 1 saturated heterocycles. The Balaban J connectivity index is 3.01. The van der Waals surface area contributed by atoms with Crippen LogP contribution >= 0.6 is 0 Å². The number of carboxylic acids is 1. The highest BCUT2D eigenvalue weighted by Crippen LogP contribution is 2.21. The van der Waals surface area contributed by atoms with Crippen molar-refractivity contribution in [2.45, 2.75) is 84.0 Å². The molecule has 3 amide bonds. The van der Waals surface area contributed by atoms with Crippen LogP contribution in [0.15, 0.2) is 4.99 Å². The summed E-state index contributed by atoms with van der Waals surface area (Å²) in [5.41, 5.74) is 16.7. The van der Waals surface area contributed by atoms with Crippen molar-refractivity contribution in [2.75, 3.05) is 13.1 Å². The highest BCUT2D eigenvalue weighted by atomic mass is 16.4. The highest BCUT2D eigenvalue weighted by Gasteiger charge is 2.39. The van der Waals surface area contributed by atoms with Crippen LogP contribution in [-0.2, 0) is 19.2 Å². The standard InChI is InChI=1S/C22H41N7O5/c1-5-13(4)16(23)19(31)27-14(8-6-10-26-22(24)25)20(32)29-11-7-9-15(29)18(30)28-17(12(2)3)21(33)34/h12-17H,5-11,23H2,1-4H3,(H,27,31)(H,28,30)(H,33,34)(H4,24,25,26). The number of aliphatic carboxylic acids is 1. The summed E-state index contributed by atoms with van der Waals surface area (Å²) in [4.78, 5) is 55.8. The molecule has 1 heterocycles. The van der Waals surface area contributed by atoms with Gasteiger partial charge in [-0.05, 0) is 37.5 Å². The lowest BCUT2D eigenvalue weighted by Gasteiger charge is -2.30. The Hall–Kier alpha value is -2.89. The number of carbonyl (C=O) groups is 4. The molecule has 194 valence electrons. The maximum atomic E-state index is 13.4. The average Bonchev–Trinajstić information content (AvgIpc) is 3.26. The van der Waals surface area contributed by atoms with E-state index in [9.17, 15) is 24.3 Å². The van der Waals surface area contributed by atoms with Gasteiger partial charge in [-0.1, -0.05) is 34.1 Å². The molecule has 9 N–H and O–H groups in total. The van der Waals surface area contributed by atoms with Crippen LogP contribution in [0.4, 0.5) is 0 Å². The number of nitrogens with two attached hydrogens (primary N) is 3. The Labute approximate surface area is 201 Å². The zero-order valence-electron chi connectivity index (χ0n) is 20.6. The smallest absolute Gasteiger partial charge is 0.326 e. The third-order valence-electron chi connectivity index (χ3n) is 6.19. The molecule has 0 bridgehead atoms. The van der Waals surface area contributed by atoms with Crippen molar-refractivity contribution in [1.82, 2.24) is 15.5 Å². The number of rotatable bonds is 13. The van der Waals surface area contributed by atoms with Crippen LogP contribution in [0.5, 0.6) is 0 Å². The monoisotopic (exact) mass is 483 g/mol. The van der Waals surface area contributed by atoms with E-state index < -0.39 is 47.9 Å². The van der Waals surface area contributed by atoms with E-state index in [-0.39, 0.29) is 30.8 Å². The van der Waals surface area contributed by atoms with Crippen molar-refractivity contribution in [2.24, 2.45) is 34.0 Å². The molecular weight excluding hydrogens is 442 g/mol. The highest BCUT2D eigenvalue weighted by molar-refractivity contribution is 5.94. The number of hydrogen-bond donors (Lipinski definition) is 6. The van der Waals surface area contributed by atoms with E-state index in [1.165, 1.54) is 4.90 Å². The lowest BCUT2D eigenvalue weighted by Crippen LogP contribution is -2.57. The van der Waals surface area contributed by atoms with Gasteiger partial charge in [0.15, 0.2) is 5.96 Å². The van der Waals surface area contributed by atoms with Crippen molar-refractivity contribution >= 4 is 29.7 Å². The van der Waals surface area contributed by atoms with E-state index >= 15 is 0 Å². The fourth-order valence-electron chi connectivity index (χ4n) is 3.81. The van der Waals surface area contributed by atoms with Crippen LogP contribution in [0.3, 0.4) is 0 Å². The third kappa shape index (κ3) is 8.47. The minimum Gasteiger partial charge on any atom is -0.480 e. The number of nitrogens with zero attached hydrogens (tertiary/aromatic N) is 2. The maximum absolute atomic E-state index is 13.4. The molecule has 12 heteroatoms. The molecule has 0 aliphatic carbocycles. The van der Waals surface area contributed by atoms with Crippen molar-refractivity contribution in [3.05, 3.63) is 0 Å². The number of carbonyl (C=O) groups excluding carboxylic acids is 3. The molecule has 1 fully saturated rings. The SMILES string of the molecule is CCC(C)C(N)C(=O)NC(CCCN=C(N)N)C(=O)N1CCCC1C(=O)NC(C(=O)O)C(C)C. The summed E-state index contributed by atoms with van der Waals surface area (Å²) in [6.45, 7) is 7.77. The number of carboxylic acid groups (broad SMARTS) is 1. The van der Waals surface area contributed by atoms with Crippen molar-refractivity contribution < 1.29 is 24.3 Å². The minimum absolute atomic E-state index is 0.0693. The molecule has 1 aliphatic heterocycles. The van der Waals surface area contributed by atoms with Crippen molar-refractivity contribution in [1.29, 1.82) is 0 Å². The second-order valence-electron chi connectivity index (χ2n) is 9.18. The first-order valence-corrected chi connectivity index (χ1v) is 11.9. The van der Waals surface area contributed by atoms with Gasteiger partial charge in [-0.2, -0.15) is 0 Å². The predicted octanol–water partition coefficient (Wildman–Crippen LogP) is -0.885. The van der Waals surface area contributed by atoms with E-state index in [0.29, 0.717) is 32.2 Å². The Morgan fingerprint density at radius 3 is 2.32 bits per heavy atom. The number of guanidine groups is 1. The molecular formula is C22H41N7O5. The number of nitrogens with one attached hydrogen (secondary N) is 2. The summed E-state index contributed by atoms with van der Waals surface area (Å²) in [6.07, 6.45) is 2.37. The Bertz CT molecular complexity index is 754. The second kappa shape index (κ2) is 13.7.